The molecule has 0 spiro atoms. The van der Waals surface area contributed by atoms with Crippen molar-refractivity contribution in [3.8, 4) is 5.69 Å². The van der Waals surface area contributed by atoms with Crippen LogP contribution < -0.4 is 0 Å². The van der Waals surface area contributed by atoms with Crippen LogP contribution in [0, 0.1) is 6.92 Å². The number of nitrogens with zero attached hydrogens (tertiary/aromatic N) is 3. The van der Waals surface area contributed by atoms with Crippen LogP contribution in [-0.4, -0.2) is 14.5 Å². The smallest absolute Gasteiger partial charge is 0.164 e. The van der Waals surface area contributed by atoms with E-state index in [-0.39, 0.29) is 5.38 Å². The van der Waals surface area contributed by atoms with Gasteiger partial charge in [-0.2, -0.15) is 0 Å². The Morgan fingerprint density at radius 1 is 1.33 bits per heavy atom. The van der Waals surface area contributed by atoms with Crippen LogP contribution in [0.1, 0.15) is 23.7 Å². The molecule has 0 radical (unpaired) electrons. The van der Waals surface area contributed by atoms with Crippen LogP contribution in [0.2, 0.25) is 5.02 Å². The minimum atomic E-state index is -0.245. The number of halogens is 3. The molecule has 6 heteroatoms. The van der Waals surface area contributed by atoms with Crippen molar-refractivity contribution in [2.75, 3.05) is 0 Å². The first kappa shape index (κ1) is 14.8. The number of alkyl halides is 1. The highest BCUT2D eigenvalue weighted by atomic mass is 79.9. The van der Waals surface area contributed by atoms with Gasteiger partial charge in [-0.05, 0) is 47.5 Å². The maximum Gasteiger partial charge on any atom is 0.164 e. The zero-order chi connectivity index (χ0) is 15.1. The van der Waals surface area contributed by atoms with Gasteiger partial charge in [0, 0.05) is 10.7 Å². The maximum atomic E-state index is 6.30. The van der Waals surface area contributed by atoms with Gasteiger partial charge in [-0.15, -0.1) is 11.6 Å². The predicted octanol–water partition coefficient (Wildman–Crippen LogP) is 5.44. The molecule has 2 aromatic heterocycles. The third-order valence-corrected chi connectivity index (χ3v) is 4.69. The molecular formula is C15H12BrCl2N3. The first-order valence-electron chi connectivity index (χ1n) is 6.42. The summed E-state index contributed by atoms with van der Waals surface area (Å²) < 4.78 is 2.97. The van der Waals surface area contributed by atoms with E-state index in [1.165, 1.54) is 0 Å². The summed E-state index contributed by atoms with van der Waals surface area (Å²) in [5.41, 5.74) is 3.58. The second kappa shape index (κ2) is 5.59. The molecule has 1 aromatic carbocycles. The maximum absolute atomic E-state index is 6.30. The van der Waals surface area contributed by atoms with Crippen molar-refractivity contribution >= 4 is 50.3 Å². The summed E-state index contributed by atoms with van der Waals surface area (Å²) >= 11 is 16.0. The summed E-state index contributed by atoms with van der Waals surface area (Å²) in [5, 5.41) is 0.314. The van der Waals surface area contributed by atoms with Gasteiger partial charge in [0.05, 0.1) is 16.1 Å². The summed E-state index contributed by atoms with van der Waals surface area (Å²) in [5.74, 6) is 0.743. The summed E-state index contributed by atoms with van der Waals surface area (Å²) in [6, 6.07) is 7.85. The van der Waals surface area contributed by atoms with E-state index in [0.717, 1.165) is 32.7 Å². The fourth-order valence-electron chi connectivity index (χ4n) is 2.27. The van der Waals surface area contributed by atoms with E-state index in [0.29, 0.717) is 5.02 Å². The average Bonchev–Trinajstić information content (AvgIpc) is 2.80. The van der Waals surface area contributed by atoms with Gasteiger partial charge in [0.1, 0.15) is 11.3 Å². The van der Waals surface area contributed by atoms with Crippen molar-refractivity contribution in [2.45, 2.75) is 19.2 Å². The number of benzene rings is 1. The van der Waals surface area contributed by atoms with Gasteiger partial charge >= 0.3 is 0 Å². The van der Waals surface area contributed by atoms with Crippen molar-refractivity contribution in [3.05, 3.63) is 51.3 Å². The molecule has 1 unspecified atom stereocenters. The standard InChI is InChI=1S/C15H12BrCl2N3/c1-8-4-3-5-12(13(8)16)21-14(9(2)17)20-11-6-10(18)7-19-15(11)21/h3-7,9H,1-2H3. The minimum Gasteiger partial charge on any atom is -0.278 e. The first-order valence-corrected chi connectivity index (χ1v) is 8.03. The molecule has 0 aliphatic rings. The highest BCUT2D eigenvalue weighted by Gasteiger charge is 2.19. The summed E-state index contributed by atoms with van der Waals surface area (Å²) in [4.78, 5) is 9.00. The zero-order valence-corrected chi connectivity index (χ0v) is 14.5. The Labute approximate surface area is 141 Å². The summed E-state index contributed by atoms with van der Waals surface area (Å²) in [7, 11) is 0. The van der Waals surface area contributed by atoms with Crippen molar-refractivity contribution in [2.24, 2.45) is 0 Å². The highest BCUT2D eigenvalue weighted by molar-refractivity contribution is 9.10. The predicted molar refractivity (Wildman–Crippen MR) is 90.6 cm³/mol. The van der Waals surface area contributed by atoms with Crippen LogP contribution in [0.5, 0.6) is 0 Å². The third kappa shape index (κ3) is 2.56. The number of pyridine rings is 1. The SMILES string of the molecule is Cc1cccc(-n2c(C(C)Cl)nc3cc(Cl)cnc32)c1Br. The van der Waals surface area contributed by atoms with Gasteiger partial charge in [-0.1, -0.05) is 23.7 Å². The largest absolute Gasteiger partial charge is 0.278 e. The fraction of sp³-hybridized carbons (Fsp3) is 0.200. The number of hydrogen-bond acceptors (Lipinski definition) is 2. The Hall–Kier alpha value is -1.10. The quantitative estimate of drug-likeness (QED) is 0.550. The molecule has 0 saturated heterocycles. The first-order chi connectivity index (χ1) is 9.99. The highest BCUT2D eigenvalue weighted by Crippen LogP contribution is 2.32. The number of imidazole rings is 1. The van der Waals surface area contributed by atoms with Crippen LogP contribution in [0.15, 0.2) is 34.9 Å². The zero-order valence-electron chi connectivity index (χ0n) is 11.4. The summed E-state index contributed by atoms with van der Waals surface area (Å²) in [6.07, 6.45) is 1.62. The molecule has 0 aliphatic heterocycles. The number of aromatic nitrogens is 3. The molecule has 0 fully saturated rings. The van der Waals surface area contributed by atoms with Gasteiger partial charge < -0.3 is 0 Å². The average molecular weight is 385 g/mol. The van der Waals surface area contributed by atoms with Crippen LogP contribution in [-0.2, 0) is 0 Å². The number of hydrogen-bond donors (Lipinski definition) is 0. The topological polar surface area (TPSA) is 30.7 Å². The lowest BCUT2D eigenvalue weighted by atomic mass is 10.2. The lowest BCUT2D eigenvalue weighted by molar-refractivity contribution is 0.873. The fourth-order valence-corrected chi connectivity index (χ4v) is 3.01. The van der Waals surface area contributed by atoms with E-state index in [1.807, 2.05) is 36.6 Å². The second-order valence-electron chi connectivity index (χ2n) is 4.83. The van der Waals surface area contributed by atoms with E-state index in [9.17, 15) is 0 Å². The van der Waals surface area contributed by atoms with Crippen LogP contribution in [0.4, 0.5) is 0 Å². The van der Waals surface area contributed by atoms with E-state index < -0.39 is 0 Å². The Morgan fingerprint density at radius 3 is 2.81 bits per heavy atom. The number of fused-ring (bicyclic) bond motifs is 1. The molecule has 21 heavy (non-hydrogen) atoms. The Bertz CT molecular complexity index is 827. The van der Waals surface area contributed by atoms with Crippen LogP contribution in [0.3, 0.4) is 0 Å². The molecule has 3 rings (SSSR count). The van der Waals surface area contributed by atoms with E-state index in [2.05, 4.69) is 25.9 Å². The molecule has 3 nitrogen and oxygen atoms in total. The molecule has 0 N–H and O–H groups in total. The Kier molecular flexibility index (Phi) is 3.95. The van der Waals surface area contributed by atoms with E-state index >= 15 is 0 Å². The molecular weight excluding hydrogens is 373 g/mol. The van der Waals surface area contributed by atoms with E-state index in [1.54, 1.807) is 12.3 Å². The lowest BCUT2D eigenvalue weighted by Crippen LogP contribution is -2.04. The van der Waals surface area contributed by atoms with Gasteiger partial charge in [-0.25, -0.2) is 9.97 Å². The van der Waals surface area contributed by atoms with Crippen molar-refractivity contribution < 1.29 is 0 Å². The number of aryl methyl sites for hydroxylation is 1. The van der Waals surface area contributed by atoms with Crippen molar-refractivity contribution in [1.82, 2.24) is 14.5 Å². The number of rotatable bonds is 2. The van der Waals surface area contributed by atoms with Gasteiger partial charge in [0.25, 0.3) is 0 Å². The molecule has 2 heterocycles. The molecule has 0 saturated carbocycles. The van der Waals surface area contributed by atoms with Gasteiger partial charge in [0.2, 0.25) is 0 Å². The Morgan fingerprint density at radius 2 is 2.10 bits per heavy atom. The lowest BCUT2D eigenvalue weighted by Gasteiger charge is -2.13. The van der Waals surface area contributed by atoms with Gasteiger partial charge in [0.15, 0.2) is 5.65 Å². The Balaban J connectivity index is 2.39. The van der Waals surface area contributed by atoms with Crippen molar-refractivity contribution in [3.63, 3.8) is 0 Å². The van der Waals surface area contributed by atoms with E-state index in [4.69, 9.17) is 23.2 Å². The molecule has 0 bridgehead atoms. The molecule has 0 aliphatic carbocycles. The third-order valence-electron chi connectivity index (χ3n) is 3.26. The molecule has 0 amide bonds. The second-order valence-corrected chi connectivity index (χ2v) is 6.71. The molecule has 1 atom stereocenters. The summed E-state index contributed by atoms with van der Waals surface area (Å²) in [6.45, 7) is 3.94. The van der Waals surface area contributed by atoms with Gasteiger partial charge in [-0.3, -0.25) is 4.57 Å². The monoisotopic (exact) mass is 383 g/mol. The van der Waals surface area contributed by atoms with Crippen molar-refractivity contribution in [1.29, 1.82) is 0 Å². The van der Waals surface area contributed by atoms with Crippen LogP contribution in [0.25, 0.3) is 16.9 Å². The van der Waals surface area contributed by atoms with Crippen LogP contribution >= 0.6 is 39.1 Å². The minimum absolute atomic E-state index is 0.245. The molecule has 3 aromatic rings. The normalized spacial score (nSPS) is 12.8. The molecule has 108 valence electrons.